The molecule has 0 atom stereocenters. The molecule has 4 nitrogen and oxygen atoms in total. The van der Waals surface area contributed by atoms with Crippen molar-refractivity contribution >= 4 is 34.9 Å². The molecule has 2 rings (SSSR count). The van der Waals surface area contributed by atoms with Crippen molar-refractivity contribution in [1.82, 2.24) is 19.3 Å². The van der Waals surface area contributed by atoms with Gasteiger partial charge in [0, 0.05) is 11.0 Å². The van der Waals surface area contributed by atoms with E-state index in [9.17, 15) is 0 Å². The topological polar surface area (TPSA) is 51.6 Å². The maximum atomic E-state index is 6.17. The average Bonchev–Trinajstić information content (AvgIpc) is 2.75. The molecule has 2 heterocycles. The Morgan fingerprint density at radius 2 is 2.00 bits per heavy atom. The van der Waals surface area contributed by atoms with Crippen molar-refractivity contribution in [3.63, 3.8) is 0 Å². The summed E-state index contributed by atoms with van der Waals surface area (Å²) in [5.41, 5.74) is 0.748. The highest BCUT2D eigenvalue weighted by Crippen LogP contribution is 2.33. The van der Waals surface area contributed by atoms with Gasteiger partial charge in [0.1, 0.15) is 22.3 Å². The molecule has 96 valence electrons. The Balaban J connectivity index is 2.43. The van der Waals surface area contributed by atoms with Gasteiger partial charge in [0.25, 0.3) is 0 Å². The van der Waals surface area contributed by atoms with Crippen molar-refractivity contribution < 1.29 is 0 Å². The van der Waals surface area contributed by atoms with Gasteiger partial charge in [-0.05, 0) is 30.2 Å². The van der Waals surface area contributed by atoms with Gasteiger partial charge in [-0.1, -0.05) is 32.4 Å². The van der Waals surface area contributed by atoms with E-state index >= 15 is 0 Å². The number of halogens is 1. The minimum absolute atomic E-state index is 0.131. The number of aromatic nitrogens is 4. The van der Waals surface area contributed by atoms with E-state index in [1.165, 1.54) is 29.6 Å². The van der Waals surface area contributed by atoms with E-state index in [0.717, 1.165) is 20.8 Å². The van der Waals surface area contributed by atoms with Gasteiger partial charge in [-0.25, -0.2) is 15.0 Å². The largest absolute Gasteiger partial charge is 0.225 e. The lowest BCUT2D eigenvalue weighted by Gasteiger charge is -2.18. The third kappa shape index (κ3) is 2.99. The number of nitrogens with zero attached hydrogens (tertiary/aromatic N) is 4. The van der Waals surface area contributed by atoms with Crippen molar-refractivity contribution in [2.45, 2.75) is 42.5 Å². The van der Waals surface area contributed by atoms with Gasteiger partial charge in [0.2, 0.25) is 0 Å². The van der Waals surface area contributed by atoms with Gasteiger partial charge in [-0.3, -0.25) is 0 Å². The predicted molar refractivity (Wildman–Crippen MR) is 74.5 cm³/mol. The van der Waals surface area contributed by atoms with Crippen LogP contribution >= 0.6 is 34.9 Å². The van der Waals surface area contributed by atoms with E-state index in [1.807, 2.05) is 6.92 Å². The highest BCUT2D eigenvalue weighted by Gasteiger charge is 2.21. The number of hydrogen-bond donors (Lipinski definition) is 0. The van der Waals surface area contributed by atoms with E-state index in [0.29, 0.717) is 5.15 Å². The average molecular weight is 301 g/mol. The zero-order valence-electron chi connectivity index (χ0n) is 10.6. The molecule has 2 aromatic heterocycles. The first-order valence-electron chi connectivity index (χ1n) is 5.37. The van der Waals surface area contributed by atoms with Gasteiger partial charge in [-0.2, -0.15) is 4.37 Å². The summed E-state index contributed by atoms with van der Waals surface area (Å²) in [6.07, 6.45) is 1.54. The molecule has 0 unspecified atom stereocenters. The van der Waals surface area contributed by atoms with E-state index in [1.54, 1.807) is 0 Å². The van der Waals surface area contributed by atoms with Crippen molar-refractivity contribution in [3.8, 4) is 0 Å². The second kappa shape index (κ2) is 5.11. The molecular weight excluding hydrogens is 288 g/mol. The summed E-state index contributed by atoms with van der Waals surface area (Å²) in [4.78, 5) is 13.1. The molecule has 2 aromatic rings. The van der Waals surface area contributed by atoms with Gasteiger partial charge in [0.15, 0.2) is 4.34 Å². The molecule has 0 amide bonds. The Labute approximate surface area is 119 Å². The second-order valence-corrected chi connectivity index (χ2v) is 7.20. The van der Waals surface area contributed by atoms with Crippen molar-refractivity contribution in [3.05, 3.63) is 22.9 Å². The monoisotopic (exact) mass is 300 g/mol. The zero-order chi connectivity index (χ0) is 13.3. The fourth-order valence-electron chi connectivity index (χ4n) is 1.20. The maximum Gasteiger partial charge on any atom is 0.176 e. The summed E-state index contributed by atoms with van der Waals surface area (Å²) >= 11 is 8.99. The van der Waals surface area contributed by atoms with Crippen LogP contribution in [0.25, 0.3) is 0 Å². The molecule has 0 fully saturated rings. The smallest absolute Gasteiger partial charge is 0.176 e. The highest BCUT2D eigenvalue weighted by atomic mass is 35.5. The lowest BCUT2D eigenvalue weighted by atomic mass is 9.96. The molecule has 0 aliphatic heterocycles. The van der Waals surface area contributed by atoms with Crippen LogP contribution in [0.4, 0.5) is 0 Å². The highest BCUT2D eigenvalue weighted by molar-refractivity contribution is 8.00. The van der Waals surface area contributed by atoms with Crippen LogP contribution in [0.1, 0.15) is 32.2 Å². The summed E-state index contributed by atoms with van der Waals surface area (Å²) in [6, 6.07) is 0. The van der Waals surface area contributed by atoms with Crippen LogP contribution in [0.3, 0.4) is 0 Å². The minimum atomic E-state index is -0.131. The van der Waals surface area contributed by atoms with Crippen molar-refractivity contribution in [1.29, 1.82) is 0 Å². The predicted octanol–water partition coefficient (Wildman–Crippen LogP) is 3.74. The zero-order valence-corrected chi connectivity index (χ0v) is 12.9. The second-order valence-electron chi connectivity index (χ2n) is 4.83. The summed E-state index contributed by atoms with van der Waals surface area (Å²) in [5.74, 6) is 0.741. The SMILES string of the molecule is Cc1c(Cl)nc(C(C)(C)C)nc1Sc1ncns1. The Morgan fingerprint density at radius 3 is 2.56 bits per heavy atom. The molecule has 0 bridgehead atoms. The van der Waals surface area contributed by atoms with E-state index in [-0.39, 0.29) is 5.41 Å². The van der Waals surface area contributed by atoms with Crippen LogP contribution in [0.15, 0.2) is 15.7 Å². The molecule has 0 saturated heterocycles. The van der Waals surface area contributed by atoms with Crippen molar-refractivity contribution in [2.75, 3.05) is 0 Å². The van der Waals surface area contributed by atoms with Crippen LogP contribution < -0.4 is 0 Å². The van der Waals surface area contributed by atoms with Gasteiger partial charge in [0.05, 0.1) is 0 Å². The van der Waals surface area contributed by atoms with E-state index in [4.69, 9.17) is 11.6 Å². The normalized spacial score (nSPS) is 11.8. The molecule has 0 N–H and O–H groups in total. The van der Waals surface area contributed by atoms with Crippen LogP contribution in [-0.2, 0) is 5.41 Å². The first kappa shape index (κ1) is 13.7. The molecule has 0 aliphatic rings. The molecule has 18 heavy (non-hydrogen) atoms. The van der Waals surface area contributed by atoms with E-state index < -0.39 is 0 Å². The Morgan fingerprint density at radius 1 is 1.28 bits per heavy atom. The molecule has 0 radical (unpaired) electrons. The molecule has 7 heteroatoms. The molecular formula is C11H13ClN4S2. The van der Waals surface area contributed by atoms with Crippen LogP contribution in [-0.4, -0.2) is 19.3 Å². The third-order valence-corrected chi connectivity index (χ3v) is 4.41. The first-order chi connectivity index (χ1) is 8.38. The molecule has 0 aromatic carbocycles. The van der Waals surface area contributed by atoms with Gasteiger partial charge in [-0.15, -0.1) is 0 Å². The molecule has 0 aliphatic carbocycles. The van der Waals surface area contributed by atoms with E-state index in [2.05, 4.69) is 40.1 Å². The quantitative estimate of drug-likeness (QED) is 0.791. The summed E-state index contributed by atoms with van der Waals surface area (Å²) in [6.45, 7) is 8.10. The van der Waals surface area contributed by atoms with Crippen LogP contribution in [0, 0.1) is 6.92 Å². The van der Waals surface area contributed by atoms with Crippen LogP contribution in [0.2, 0.25) is 5.15 Å². The summed E-state index contributed by atoms with van der Waals surface area (Å²) in [7, 11) is 0. The Hall–Kier alpha value is -0.720. The Bertz CT molecular complexity index is 549. The third-order valence-electron chi connectivity index (χ3n) is 2.24. The van der Waals surface area contributed by atoms with Gasteiger partial charge < -0.3 is 0 Å². The Kier molecular flexibility index (Phi) is 3.89. The minimum Gasteiger partial charge on any atom is -0.225 e. The molecule has 0 saturated carbocycles. The van der Waals surface area contributed by atoms with Crippen molar-refractivity contribution in [2.24, 2.45) is 0 Å². The summed E-state index contributed by atoms with van der Waals surface area (Å²) in [5, 5.41) is 1.35. The van der Waals surface area contributed by atoms with Gasteiger partial charge >= 0.3 is 0 Å². The van der Waals surface area contributed by atoms with Crippen LogP contribution in [0.5, 0.6) is 0 Å². The summed E-state index contributed by atoms with van der Waals surface area (Å²) < 4.78 is 4.83. The number of rotatable bonds is 2. The molecule has 0 spiro atoms. The first-order valence-corrected chi connectivity index (χ1v) is 7.34. The lowest BCUT2D eigenvalue weighted by molar-refractivity contribution is 0.537. The lowest BCUT2D eigenvalue weighted by Crippen LogP contribution is -2.17. The standard InChI is InChI=1S/C11H13ClN4S2/c1-6-7(12)15-9(11(2,3)4)16-8(6)17-10-13-5-14-18-10/h5H,1-4H3. The fourth-order valence-corrected chi connectivity index (χ4v) is 2.86. The maximum absolute atomic E-state index is 6.17. The fraction of sp³-hybridized carbons (Fsp3) is 0.455. The number of hydrogen-bond acceptors (Lipinski definition) is 6.